The van der Waals surface area contributed by atoms with Crippen LogP contribution in [0.4, 0.5) is 15.6 Å². The van der Waals surface area contributed by atoms with Crippen LogP contribution in [0.5, 0.6) is 0 Å². The summed E-state index contributed by atoms with van der Waals surface area (Å²) in [5.74, 6) is 1.11. The van der Waals surface area contributed by atoms with Crippen LogP contribution in [0.1, 0.15) is 43.9 Å². The molecule has 0 atom stereocenters. The third-order valence-electron chi connectivity index (χ3n) is 4.90. The van der Waals surface area contributed by atoms with Gasteiger partial charge in [-0.05, 0) is 43.2 Å². The van der Waals surface area contributed by atoms with Crippen molar-refractivity contribution in [3.05, 3.63) is 40.9 Å². The van der Waals surface area contributed by atoms with Gasteiger partial charge in [-0.1, -0.05) is 32.0 Å². The summed E-state index contributed by atoms with van der Waals surface area (Å²) in [4.78, 5) is 18.5. The van der Waals surface area contributed by atoms with Gasteiger partial charge in [-0.3, -0.25) is 5.32 Å². The van der Waals surface area contributed by atoms with Crippen LogP contribution in [0.3, 0.4) is 0 Å². The monoisotopic (exact) mass is 372 g/mol. The predicted octanol–water partition coefficient (Wildman–Crippen LogP) is 4.93. The summed E-state index contributed by atoms with van der Waals surface area (Å²) in [5, 5.41) is 9.16. The number of urea groups is 1. The fourth-order valence-electron chi connectivity index (χ4n) is 3.34. The lowest BCUT2D eigenvalue weighted by Gasteiger charge is -2.32. The van der Waals surface area contributed by atoms with Gasteiger partial charge in [0.1, 0.15) is 0 Å². The lowest BCUT2D eigenvalue weighted by Crippen LogP contribution is -2.42. The SMILES string of the molecule is Cc1csc(NC(=O)N2CCC(CNc3ccccc3C(C)C)CC2)n1. The number of carbonyl (C=O) groups is 1. The van der Waals surface area contributed by atoms with Crippen LogP contribution in [0.15, 0.2) is 29.6 Å². The fraction of sp³-hybridized carbons (Fsp3) is 0.500. The molecule has 1 fully saturated rings. The molecule has 6 heteroatoms. The van der Waals surface area contributed by atoms with Crippen LogP contribution in [0, 0.1) is 12.8 Å². The number of hydrogen-bond acceptors (Lipinski definition) is 4. The summed E-state index contributed by atoms with van der Waals surface area (Å²) >= 11 is 1.47. The van der Waals surface area contributed by atoms with Crippen molar-refractivity contribution in [3.8, 4) is 0 Å². The molecule has 3 rings (SSSR count). The molecule has 140 valence electrons. The highest BCUT2D eigenvalue weighted by Crippen LogP contribution is 2.25. The zero-order chi connectivity index (χ0) is 18.5. The molecule has 0 saturated carbocycles. The van der Waals surface area contributed by atoms with Crippen molar-refractivity contribution in [1.82, 2.24) is 9.88 Å². The average Bonchev–Trinajstić information content (AvgIpc) is 3.05. The van der Waals surface area contributed by atoms with E-state index in [9.17, 15) is 4.79 Å². The number of anilines is 2. The first kappa shape index (κ1) is 18.7. The van der Waals surface area contributed by atoms with Crippen molar-refractivity contribution in [3.63, 3.8) is 0 Å². The molecule has 5 nitrogen and oxygen atoms in total. The number of amides is 2. The normalized spacial score (nSPS) is 15.3. The number of benzene rings is 1. The van der Waals surface area contributed by atoms with E-state index in [4.69, 9.17) is 0 Å². The number of carbonyl (C=O) groups excluding carboxylic acids is 1. The van der Waals surface area contributed by atoms with Crippen molar-refractivity contribution >= 4 is 28.2 Å². The van der Waals surface area contributed by atoms with E-state index in [1.54, 1.807) is 0 Å². The maximum atomic E-state index is 12.3. The Bertz CT molecular complexity index is 735. The van der Waals surface area contributed by atoms with Gasteiger partial charge in [-0.25, -0.2) is 9.78 Å². The molecule has 1 saturated heterocycles. The highest BCUT2D eigenvalue weighted by atomic mass is 32.1. The van der Waals surface area contributed by atoms with E-state index in [1.165, 1.54) is 22.6 Å². The highest BCUT2D eigenvalue weighted by molar-refractivity contribution is 7.13. The molecular formula is C20H28N4OS. The fourth-order valence-corrected chi connectivity index (χ4v) is 4.02. The molecular weight excluding hydrogens is 344 g/mol. The molecule has 1 aliphatic heterocycles. The summed E-state index contributed by atoms with van der Waals surface area (Å²) < 4.78 is 0. The third kappa shape index (κ3) is 4.75. The quantitative estimate of drug-likeness (QED) is 0.782. The van der Waals surface area contributed by atoms with E-state index < -0.39 is 0 Å². The molecule has 1 aliphatic rings. The average molecular weight is 373 g/mol. The molecule has 0 spiro atoms. The first-order valence-electron chi connectivity index (χ1n) is 9.33. The summed E-state index contributed by atoms with van der Waals surface area (Å²) in [6.45, 7) is 8.94. The van der Waals surface area contributed by atoms with E-state index in [2.05, 4.69) is 53.7 Å². The van der Waals surface area contributed by atoms with Crippen LogP contribution in [0.25, 0.3) is 0 Å². The Morgan fingerprint density at radius 1 is 1.31 bits per heavy atom. The second kappa shape index (κ2) is 8.54. The Kier molecular flexibility index (Phi) is 6.14. The summed E-state index contributed by atoms with van der Waals surface area (Å²) in [5.41, 5.74) is 3.54. The number of likely N-dealkylation sites (tertiary alicyclic amines) is 1. The minimum Gasteiger partial charge on any atom is -0.385 e. The number of nitrogens with one attached hydrogen (secondary N) is 2. The van der Waals surface area contributed by atoms with Gasteiger partial charge in [0.05, 0.1) is 5.69 Å². The van der Waals surface area contributed by atoms with E-state index in [0.29, 0.717) is 17.0 Å². The number of para-hydroxylation sites is 1. The van der Waals surface area contributed by atoms with Crippen LogP contribution >= 0.6 is 11.3 Å². The summed E-state index contributed by atoms with van der Waals surface area (Å²) in [6.07, 6.45) is 2.06. The highest BCUT2D eigenvalue weighted by Gasteiger charge is 2.23. The van der Waals surface area contributed by atoms with Crippen LogP contribution in [-0.4, -0.2) is 35.5 Å². The largest absolute Gasteiger partial charge is 0.385 e. The number of hydrogen-bond donors (Lipinski definition) is 2. The van der Waals surface area contributed by atoms with Crippen molar-refractivity contribution in [1.29, 1.82) is 0 Å². The predicted molar refractivity (Wildman–Crippen MR) is 109 cm³/mol. The molecule has 1 aromatic heterocycles. The zero-order valence-corrected chi connectivity index (χ0v) is 16.6. The Labute approximate surface area is 159 Å². The number of nitrogens with zero attached hydrogens (tertiary/aromatic N) is 2. The smallest absolute Gasteiger partial charge is 0.323 e. The van der Waals surface area contributed by atoms with Crippen molar-refractivity contribution < 1.29 is 4.79 Å². The molecule has 0 aliphatic carbocycles. The van der Waals surface area contributed by atoms with Gasteiger partial charge in [0.25, 0.3) is 0 Å². The molecule has 2 amide bonds. The van der Waals surface area contributed by atoms with Crippen LogP contribution < -0.4 is 10.6 Å². The maximum Gasteiger partial charge on any atom is 0.323 e. The number of rotatable bonds is 5. The van der Waals surface area contributed by atoms with Crippen LogP contribution in [-0.2, 0) is 0 Å². The van der Waals surface area contributed by atoms with Gasteiger partial charge in [-0.15, -0.1) is 11.3 Å². The van der Waals surface area contributed by atoms with E-state index in [-0.39, 0.29) is 6.03 Å². The lowest BCUT2D eigenvalue weighted by atomic mass is 9.96. The zero-order valence-electron chi connectivity index (χ0n) is 15.8. The van der Waals surface area contributed by atoms with Gasteiger partial charge in [0, 0.05) is 30.7 Å². The van der Waals surface area contributed by atoms with E-state index >= 15 is 0 Å². The topological polar surface area (TPSA) is 57.3 Å². The summed E-state index contributed by atoms with van der Waals surface area (Å²) in [7, 11) is 0. The standard InChI is InChI=1S/C20H28N4OS/c1-14(2)17-6-4-5-7-18(17)21-12-16-8-10-24(11-9-16)20(25)23-19-22-15(3)13-26-19/h4-7,13-14,16,21H,8-12H2,1-3H3,(H,22,23,25). The molecule has 2 heterocycles. The van der Waals surface area contributed by atoms with Crippen LogP contribution in [0.2, 0.25) is 0 Å². The minimum atomic E-state index is -0.0316. The number of piperidine rings is 1. The Morgan fingerprint density at radius 2 is 2.04 bits per heavy atom. The first-order chi connectivity index (χ1) is 12.5. The molecule has 26 heavy (non-hydrogen) atoms. The molecule has 1 aromatic carbocycles. The molecule has 2 aromatic rings. The molecule has 0 bridgehead atoms. The number of aromatic nitrogens is 1. The Hall–Kier alpha value is -2.08. The maximum absolute atomic E-state index is 12.3. The summed E-state index contributed by atoms with van der Waals surface area (Å²) in [6, 6.07) is 8.51. The number of aryl methyl sites for hydroxylation is 1. The second-order valence-corrected chi connectivity index (χ2v) is 8.14. The first-order valence-corrected chi connectivity index (χ1v) is 10.2. The Morgan fingerprint density at radius 3 is 2.69 bits per heavy atom. The second-order valence-electron chi connectivity index (χ2n) is 7.28. The van der Waals surface area contributed by atoms with Crippen molar-refractivity contribution in [2.45, 2.75) is 39.5 Å². The molecule has 0 unspecified atom stereocenters. The molecule has 0 radical (unpaired) electrons. The van der Waals surface area contributed by atoms with Gasteiger partial charge < -0.3 is 10.2 Å². The van der Waals surface area contributed by atoms with E-state index in [1.807, 2.05) is 17.2 Å². The Balaban J connectivity index is 1.46. The van der Waals surface area contributed by atoms with Gasteiger partial charge in [0.15, 0.2) is 5.13 Å². The van der Waals surface area contributed by atoms with Gasteiger partial charge in [0.2, 0.25) is 0 Å². The van der Waals surface area contributed by atoms with E-state index in [0.717, 1.165) is 38.2 Å². The van der Waals surface area contributed by atoms with Gasteiger partial charge in [-0.2, -0.15) is 0 Å². The van der Waals surface area contributed by atoms with Crippen molar-refractivity contribution in [2.75, 3.05) is 30.3 Å². The third-order valence-corrected chi connectivity index (χ3v) is 5.77. The molecule has 2 N–H and O–H groups in total. The number of thiazole rings is 1. The van der Waals surface area contributed by atoms with Crippen molar-refractivity contribution in [2.24, 2.45) is 5.92 Å². The van der Waals surface area contributed by atoms with Gasteiger partial charge >= 0.3 is 6.03 Å². The minimum absolute atomic E-state index is 0.0316. The lowest BCUT2D eigenvalue weighted by molar-refractivity contribution is 0.185.